The first-order valence-corrected chi connectivity index (χ1v) is 6.04. The van der Waals surface area contributed by atoms with Gasteiger partial charge in [0, 0.05) is 12.2 Å². The number of pyridine rings is 1. The second kappa shape index (κ2) is 4.78. The number of aryl methyl sites for hydroxylation is 1. The van der Waals surface area contributed by atoms with Gasteiger partial charge in [-0.05, 0) is 37.8 Å². The van der Waals surface area contributed by atoms with Gasteiger partial charge in [-0.3, -0.25) is 4.79 Å². The van der Waals surface area contributed by atoms with Crippen LogP contribution in [0.25, 0.3) is 0 Å². The van der Waals surface area contributed by atoms with Crippen molar-refractivity contribution in [1.82, 2.24) is 9.88 Å². The highest BCUT2D eigenvalue weighted by atomic mass is 32.1. The van der Waals surface area contributed by atoms with Gasteiger partial charge in [0.2, 0.25) is 6.41 Å². The molecule has 0 bridgehead atoms. The van der Waals surface area contributed by atoms with Crippen molar-refractivity contribution >= 4 is 18.6 Å². The normalized spacial score (nSPS) is 20.8. The molecule has 1 aromatic rings. The summed E-state index contributed by atoms with van der Waals surface area (Å²) >= 11 is 5.08. The SMILES string of the molecule is Cc1[nH]c(=S)ccc1[C@@H]1CCCCN1C=O. The number of H-pyrrole nitrogens is 1. The zero-order chi connectivity index (χ0) is 11.5. The molecule has 4 heteroatoms. The van der Waals surface area contributed by atoms with Crippen molar-refractivity contribution in [3.8, 4) is 0 Å². The summed E-state index contributed by atoms with van der Waals surface area (Å²) in [6.07, 6.45) is 4.30. The Morgan fingerprint density at radius 2 is 2.31 bits per heavy atom. The van der Waals surface area contributed by atoms with E-state index in [-0.39, 0.29) is 6.04 Å². The molecule has 1 aliphatic rings. The molecule has 1 saturated heterocycles. The van der Waals surface area contributed by atoms with Gasteiger partial charge in [-0.15, -0.1) is 0 Å². The Balaban J connectivity index is 2.34. The summed E-state index contributed by atoms with van der Waals surface area (Å²) in [5, 5.41) is 0. The molecular weight excluding hydrogens is 220 g/mol. The maximum Gasteiger partial charge on any atom is 0.210 e. The van der Waals surface area contributed by atoms with Crippen LogP contribution in [0.2, 0.25) is 0 Å². The highest BCUT2D eigenvalue weighted by Crippen LogP contribution is 2.30. The molecule has 1 atom stereocenters. The van der Waals surface area contributed by atoms with E-state index in [9.17, 15) is 4.79 Å². The van der Waals surface area contributed by atoms with Crippen LogP contribution in [-0.2, 0) is 4.79 Å². The predicted octanol–water partition coefficient (Wildman–Crippen LogP) is 2.74. The van der Waals surface area contributed by atoms with Crippen molar-refractivity contribution in [2.45, 2.75) is 32.2 Å². The van der Waals surface area contributed by atoms with E-state index >= 15 is 0 Å². The van der Waals surface area contributed by atoms with Crippen molar-refractivity contribution in [3.05, 3.63) is 28.0 Å². The molecule has 86 valence electrons. The van der Waals surface area contributed by atoms with Crippen LogP contribution in [0.1, 0.15) is 36.6 Å². The molecule has 1 aliphatic heterocycles. The van der Waals surface area contributed by atoms with Gasteiger partial charge in [0.05, 0.1) is 6.04 Å². The maximum atomic E-state index is 11.0. The average molecular weight is 236 g/mol. The first-order valence-electron chi connectivity index (χ1n) is 5.63. The second-order valence-corrected chi connectivity index (χ2v) is 4.70. The first-order chi connectivity index (χ1) is 7.72. The number of hydrogen-bond acceptors (Lipinski definition) is 2. The van der Waals surface area contributed by atoms with Crippen LogP contribution >= 0.6 is 12.2 Å². The van der Waals surface area contributed by atoms with Crippen LogP contribution in [0.3, 0.4) is 0 Å². The Hall–Kier alpha value is -1.16. The molecular formula is C12H16N2OS. The van der Waals surface area contributed by atoms with E-state index in [1.807, 2.05) is 24.0 Å². The van der Waals surface area contributed by atoms with Gasteiger partial charge >= 0.3 is 0 Å². The number of carbonyl (C=O) groups is 1. The Morgan fingerprint density at radius 3 is 3.00 bits per heavy atom. The summed E-state index contributed by atoms with van der Waals surface area (Å²) in [6, 6.07) is 4.16. The summed E-state index contributed by atoms with van der Waals surface area (Å²) in [5.74, 6) is 0. The Bertz CT molecular complexity index is 441. The molecule has 0 radical (unpaired) electrons. The van der Waals surface area contributed by atoms with Crippen molar-refractivity contribution < 1.29 is 4.79 Å². The Kier molecular flexibility index (Phi) is 3.39. The molecule has 1 amide bonds. The van der Waals surface area contributed by atoms with E-state index in [1.54, 1.807) is 0 Å². The lowest BCUT2D eigenvalue weighted by molar-refractivity contribution is -0.121. The average Bonchev–Trinajstić information content (AvgIpc) is 2.29. The quantitative estimate of drug-likeness (QED) is 0.633. The van der Waals surface area contributed by atoms with Crippen molar-refractivity contribution in [3.63, 3.8) is 0 Å². The minimum atomic E-state index is 0.220. The number of likely N-dealkylation sites (tertiary alicyclic amines) is 1. The van der Waals surface area contributed by atoms with Gasteiger partial charge in [-0.1, -0.05) is 18.3 Å². The summed E-state index contributed by atoms with van der Waals surface area (Å²) < 4.78 is 0.745. The van der Waals surface area contributed by atoms with Crippen LogP contribution in [0.5, 0.6) is 0 Å². The monoisotopic (exact) mass is 236 g/mol. The topological polar surface area (TPSA) is 36.1 Å². The van der Waals surface area contributed by atoms with Gasteiger partial charge in [-0.25, -0.2) is 0 Å². The van der Waals surface area contributed by atoms with Gasteiger partial charge in [0.1, 0.15) is 4.64 Å². The lowest BCUT2D eigenvalue weighted by Gasteiger charge is -2.33. The van der Waals surface area contributed by atoms with E-state index in [0.717, 1.165) is 36.1 Å². The van der Waals surface area contributed by atoms with Crippen molar-refractivity contribution in [1.29, 1.82) is 0 Å². The molecule has 2 rings (SSSR count). The molecule has 0 aliphatic carbocycles. The van der Waals surface area contributed by atoms with E-state index in [1.165, 1.54) is 12.0 Å². The van der Waals surface area contributed by atoms with Gasteiger partial charge in [-0.2, -0.15) is 0 Å². The van der Waals surface area contributed by atoms with Crippen molar-refractivity contribution in [2.75, 3.05) is 6.54 Å². The number of nitrogens with zero attached hydrogens (tertiary/aromatic N) is 1. The fourth-order valence-corrected chi connectivity index (χ4v) is 2.59. The number of piperidine rings is 1. The minimum absolute atomic E-state index is 0.220. The van der Waals surface area contributed by atoms with Crippen molar-refractivity contribution in [2.24, 2.45) is 0 Å². The molecule has 0 aromatic carbocycles. The van der Waals surface area contributed by atoms with E-state index in [2.05, 4.69) is 4.98 Å². The molecule has 1 aromatic heterocycles. The molecule has 1 fully saturated rings. The highest BCUT2D eigenvalue weighted by Gasteiger charge is 2.23. The Labute approximate surface area is 100 Å². The van der Waals surface area contributed by atoms with Gasteiger partial charge < -0.3 is 9.88 Å². The fourth-order valence-electron chi connectivity index (χ4n) is 2.36. The molecule has 0 unspecified atom stereocenters. The first kappa shape index (κ1) is 11.3. The second-order valence-electron chi connectivity index (χ2n) is 4.26. The number of amides is 1. The molecule has 2 heterocycles. The van der Waals surface area contributed by atoms with Crippen LogP contribution in [0.15, 0.2) is 12.1 Å². The van der Waals surface area contributed by atoms with E-state index < -0.39 is 0 Å². The third-order valence-corrected chi connectivity index (χ3v) is 3.43. The van der Waals surface area contributed by atoms with Crippen LogP contribution in [0.4, 0.5) is 0 Å². The molecule has 16 heavy (non-hydrogen) atoms. The number of carbonyl (C=O) groups excluding carboxylic acids is 1. The third-order valence-electron chi connectivity index (χ3n) is 3.20. The lowest BCUT2D eigenvalue weighted by atomic mass is 9.95. The number of nitrogens with one attached hydrogen (secondary N) is 1. The van der Waals surface area contributed by atoms with Gasteiger partial charge in [0.15, 0.2) is 0 Å². The third kappa shape index (κ3) is 2.16. The zero-order valence-corrected chi connectivity index (χ0v) is 10.2. The molecule has 0 saturated carbocycles. The summed E-state index contributed by atoms with van der Waals surface area (Å²) in [6.45, 7) is 2.88. The van der Waals surface area contributed by atoms with E-state index in [4.69, 9.17) is 12.2 Å². The Morgan fingerprint density at radius 1 is 1.50 bits per heavy atom. The lowest BCUT2D eigenvalue weighted by Crippen LogP contribution is -2.32. The number of aromatic amines is 1. The number of aromatic nitrogens is 1. The number of hydrogen-bond donors (Lipinski definition) is 1. The largest absolute Gasteiger partial charge is 0.350 e. The van der Waals surface area contributed by atoms with Crippen LogP contribution in [0, 0.1) is 11.6 Å². The number of rotatable bonds is 2. The predicted molar refractivity (Wildman–Crippen MR) is 65.7 cm³/mol. The standard InChI is InChI=1S/C12H16N2OS/c1-9-10(5-6-12(16)13-9)11-4-2-3-7-14(11)8-15/h5-6,8,11H,2-4,7H2,1H3,(H,13,16)/t11-/m0/s1. The molecule has 1 N–H and O–H groups in total. The highest BCUT2D eigenvalue weighted by molar-refractivity contribution is 7.71. The molecule has 3 nitrogen and oxygen atoms in total. The van der Waals surface area contributed by atoms with Gasteiger partial charge in [0.25, 0.3) is 0 Å². The summed E-state index contributed by atoms with van der Waals surface area (Å²) in [7, 11) is 0. The van der Waals surface area contributed by atoms with E-state index in [0.29, 0.717) is 0 Å². The van der Waals surface area contributed by atoms with Crippen LogP contribution in [-0.4, -0.2) is 22.8 Å². The maximum absolute atomic E-state index is 11.0. The zero-order valence-electron chi connectivity index (χ0n) is 9.40. The fraction of sp³-hybridized carbons (Fsp3) is 0.500. The smallest absolute Gasteiger partial charge is 0.210 e. The summed E-state index contributed by atoms with van der Waals surface area (Å²) in [4.78, 5) is 16.1. The summed E-state index contributed by atoms with van der Waals surface area (Å²) in [5.41, 5.74) is 2.27. The molecule has 0 spiro atoms. The van der Waals surface area contributed by atoms with Crippen LogP contribution < -0.4 is 0 Å². The minimum Gasteiger partial charge on any atom is -0.350 e.